The summed E-state index contributed by atoms with van der Waals surface area (Å²) in [5, 5.41) is 0. The molecule has 0 fully saturated rings. The number of aryl methyl sites for hydroxylation is 2. The first-order valence-electron chi connectivity index (χ1n) is 3.71. The normalized spacial score (nSPS) is 8.83. The van der Waals surface area contributed by atoms with Crippen LogP contribution in [0, 0.1) is 27.7 Å². The fraction of sp³-hybridized carbons (Fsp3) is 0.444. The van der Waals surface area contributed by atoms with Gasteiger partial charge in [-0.25, -0.2) is 0 Å². The van der Waals surface area contributed by atoms with Crippen LogP contribution < -0.4 is 0 Å². The minimum atomic E-state index is -0.556. The molecule has 68 valence electrons. The van der Waals surface area contributed by atoms with Crippen LogP contribution in [0.25, 0.3) is 0 Å². The van der Waals surface area contributed by atoms with Gasteiger partial charge in [-0.2, -0.15) is 28.3 Å². The first-order valence-corrected chi connectivity index (χ1v) is 8.00. The van der Waals surface area contributed by atoms with Crippen molar-refractivity contribution >= 4 is 18.6 Å². The van der Waals surface area contributed by atoms with Gasteiger partial charge in [-0.3, -0.25) is 0 Å². The molecule has 0 aliphatic carbocycles. The van der Waals surface area contributed by atoms with Crippen LogP contribution in [-0.4, -0.2) is 0 Å². The minimum absolute atomic E-state index is 0.556. The second-order valence-electron chi connectivity index (χ2n) is 2.83. The zero-order valence-corrected chi connectivity index (χ0v) is 10.9. The van der Waals surface area contributed by atoms with Crippen LogP contribution in [0.2, 0.25) is 0 Å². The quantitative estimate of drug-likeness (QED) is 0.474. The first kappa shape index (κ1) is 12.6. The molecule has 0 atom stereocenters. The molecule has 1 aromatic carbocycles. The molecule has 3 heteroatoms. The summed E-state index contributed by atoms with van der Waals surface area (Å²) in [7, 11) is 9.78. The molecule has 1 rings (SSSR count). The fourth-order valence-corrected chi connectivity index (χ4v) is 1.13. The van der Waals surface area contributed by atoms with E-state index in [9.17, 15) is 0 Å². The van der Waals surface area contributed by atoms with Crippen molar-refractivity contribution in [2.24, 2.45) is 0 Å². The summed E-state index contributed by atoms with van der Waals surface area (Å²) in [6.45, 7) is 8.68. The van der Waals surface area contributed by atoms with Crippen molar-refractivity contribution in [3.8, 4) is 0 Å². The van der Waals surface area contributed by atoms with Crippen LogP contribution in [0.1, 0.15) is 22.3 Å². The zero-order chi connectivity index (χ0) is 9.72. The molecule has 0 aromatic heterocycles. The van der Waals surface area contributed by atoms with E-state index in [1.165, 1.54) is 22.3 Å². The average Bonchev–Trinajstić information content (AvgIpc) is 2.20. The Hall–Kier alpha value is 0.644. The Morgan fingerprint density at radius 1 is 0.917 bits per heavy atom. The maximum absolute atomic E-state index is 4.89. The number of halogens is 2. The predicted molar refractivity (Wildman–Crippen MR) is 52.7 cm³/mol. The van der Waals surface area contributed by atoms with E-state index < -0.39 is 17.0 Å². The Morgan fingerprint density at radius 3 is 1.25 bits per heavy atom. The van der Waals surface area contributed by atoms with Crippen molar-refractivity contribution in [1.82, 2.24) is 0 Å². The van der Waals surface area contributed by atoms with Gasteiger partial charge in [0.2, 0.25) is 0 Å². The molecule has 0 heterocycles. The summed E-state index contributed by atoms with van der Waals surface area (Å²) in [6, 6.07) is 2.24. The molecule has 0 aliphatic heterocycles. The van der Waals surface area contributed by atoms with E-state index >= 15 is 0 Å². The van der Waals surface area contributed by atoms with Gasteiger partial charge in [0, 0.05) is 0 Å². The molecule has 0 nitrogen and oxygen atoms in total. The average molecular weight is 240 g/mol. The zero-order valence-electron chi connectivity index (χ0n) is 7.83. The monoisotopic (exact) mass is 239 g/mol. The van der Waals surface area contributed by atoms with Crippen molar-refractivity contribution in [2.75, 3.05) is 0 Å². The Kier molecular flexibility index (Phi) is 6.48. The molecule has 12 heavy (non-hydrogen) atoms. The molecule has 0 N–H and O–H groups in total. The van der Waals surface area contributed by atoms with Gasteiger partial charge in [-0.15, -0.1) is 0 Å². The summed E-state index contributed by atoms with van der Waals surface area (Å²) in [5.41, 5.74) is 5.75. The molecule has 0 spiro atoms. The van der Waals surface area contributed by atoms with Crippen LogP contribution >= 0.6 is 18.6 Å². The Bertz CT molecular complexity index is 218. The van der Waals surface area contributed by atoms with Crippen molar-refractivity contribution in [3.63, 3.8) is 0 Å². The fourth-order valence-electron chi connectivity index (χ4n) is 1.13. The van der Waals surface area contributed by atoms with E-state index in [2.05, 4.69) is 33.8 Å². The standard InChI is InChI=1S/C9H13.2ClH.Ti/c1-6-5-7(2)9(4)8(6)3;;;/h5H,1-4H3;2*1H;/q-1;;;+2/p-2. The molecule has 0 saturated heterocycles. The molecule has 0 bridgehead atoms. The van der Waals surface area contributed by atoms with Crippen LogP contribution in [-0.2, 0) is 17.0 Å². The van der Waals surface area contributed by atoms with Crippen molar-refractivity contribution < 1.29 is 17.0 Å². The molecular weight excluding hydrogens is 227 g/mol. The van der Waals surface area contributed by atoms with Gasteiger partial charge in [0.1, 0.15) is 0 Å². The second-order valence-corrected chi connectivity index (χ2v) is 5.41. The van der Waals surface area contributed by atoms with Gasteiger partial charge in [0.15, 0.2) is 0 Å². The second kappa shape index (κ2) is 6.15. The molecule has 0 unspecified atom stereocenters. The van der Waals surface area contributed by atoms with Crippen LogP contribution in [0.5, 0.6) is 0 Å². The third kappa shape index (κ3) is 3.57. The van der Waals surface area contributed by atoms with E-state index in [-0.39, 0.29) is 0 Å². The van der Waals surface area contributed by atoms with Crippen LogP contribution in [0.3, 0.4) is 0 Å². The summed E-state index contributed by atoms with van der Waals surface area (Å²) in [5.74, 6) is 0. The van der Waals surface area contributed by atoms with Crippen molar-refractivity contribution in [1.29, 1.82) is 0 Å². The topological polar surface area (TPSA) is 0 Å². The summed E-state index contributed by atoms with van der Waals surface area (Å²) in [4.78, 5) is 0. The van der Waals surface area contributed by atoms with E-state index in [0.29, 0.717) is 0 Å². The Morgan fingerprint density at radius 2 is 1.17 bits per heavy atom. The number of rotatable bonds is 0. The van der Waals surface area contributed by atoms with E-state index in [4.69, 9.17) is 18.6 Å². The Balaban J connectivity index is 0.000000354. The molecule has 0 amide bonds. The SMILES string of the molecule is Cc1[cH-]c(C)c(C)c1C.[Cl][Ti][Cl]. The first-order chi connectivity index (χ1) is 5.54. The molecule has 0 saturated carbocycles. The van der Waals surface area contributed by atoms with Crippen LogP contribution in [0.15, 0.2) is 6.07 Å². The van der Waals surface area contributed by atoms with Gasteiger partial charge >= 0.3 is 35.6 Å². The van der Waals surface area contributed by atoms with Crippen LogP contribution in [0.4, 0.5) is 0 Å². The number of hydrogen-bond donors (Lipinski definition) is 0. The van der Waals surface area contributed by atoms with Gasteiger partial charge < -0.3 is 0 Å². The van der Waals surface area contributed by atoms with Gasteiger partial charge in [0.05, 0.1) is 0 Å². The number of hydrogen-bond acceptors (Lipinski definition) is 0. The summed E-state index contributed by atoms with van der Waals surface area (Å²) in [6.07, 6.45) is 0. The van der Waals surface area contributed by atoms with Gasteiger partial charge in [0.25, 0.3) is 0 Å². The molecular formula is C9H13Cl2Ti-. The van der Waals surface area contributed by atoms with Gasteiger partial charge in [-0.05, 0) is 0 Å². The Labute approximate surface area is 91.3 Å². The predicted octanol–water partition coefficient (Wildman–Crippen LogP) is 4.02. The maximum atomic E-state index is 4.89. The third-order valence-electron chi connectivity index (χ3n) is 2.18. The molecule has 0 radical (unpaired) electrons. The van der Waals surface area contributed by atoms with Crippen molar-refractivity contribution in [2.45, 2.75) is 27.7 Å². The summed E-state index contributed by atoms with van der Waals surface area (Å²) >= 11 is -0.556. The van der Waals surface area contributed by atoms with Crippen molar-refractivity contribution in [3.05, 3.63) is 28.3 Å². The summed E-state index contributed by atoms with van der Waals surface area (Å²) < 4.78 is 0. The van der Waals surface area contributed by atoms with E-state index in [1.54, 1.807) is 0 Å². The molecule has 0 aliphatic rings. The van der Waals surface area contributed by atoms with E-state index in [1.807, 2.05) is 0 Å². The molecule has 1 aromatic rings. The third-order valence-corrected chi connectivity index (χ3v) is 2.18. The van der Waals surface area contributed by atoms with E-state index in [0.717, 1.165) is 0 Å². The van der Waals surface area contributed by atoms with Gasteiger partial charge in [-0.1, -0.05) is 27.7 Å².